The van der Waals surface area contributed by atoms with Crippen molar-refractivity contribution < 1.29 is 33.8 Å². The van der Waals surface area contributed by atoms with Gasteiger partial charge in [0, 0.05) is 10.7 Å². The summed E-state index contributed by atoms with van der Waals surface area (Å²) in [6.45, 7) is 0.830. The molecule has 1 aliphatic rings. The van der Waals surface area contributed by atoms with Crippen molar-refractivity contribution in [1.82, 2.24) is 10.2 Å². The van der Waals surface area contributed by atoms with E-state index in [0.717, 1.165) is 4.90 Å². The van der Waals surface area contributed by atoms with Crippen LogP contribution in [0.4, 0.5) is 10.5 Å². The molecule has 10 nitrogen and oxygen atoms in total. The van der Waals surface area contributed by atoms with Gasteiger partial charge in [-0.25, -0.2) is 9.69 Å². The summed E-state index contributed by atoms with van der Waals surface area (Å²) in [5.74, 6) is -2.25. The van der Waals surface area contributed by atoms with Crippen LogP contribution in [0.3, 0.4) is 0 Å². The largest absolute Gasteiger partial charge is 0.546 e. The van der Waals surface area contributed by atoms with E-state index in [-0.39, 0.29) is 17.2 Å². The molecule has 1 fully saturated rings. The zero-order chi connectivity index (χ0) is 24.1. The third kappa shape index (κ3) is 5.80. The van der Waals surface area contributed by atoms with Crippen LogP contribution in [0, 0.1) is 0 Å². The highest BCUT2D eigenvalue weighted by molar-refractivity contribution is 6.30. The second kappa shape index (κ2) is 10.0. The quantitative estimate of drug-likeness (QED) is 0.437. The average Bonchev–Trinajstić information content (AvgIpc) is 3.03. The lowest BCUT2D eigenvalue weighted by atomic mass is 10.1. The third-order valence-corrected chi connectivity index (χ3v) is 4.78. The van der Waals surface area contributed by atoms with Crippen LogP contribution in [0.1, 0.15) is 12.5 Å². The van der Waals surface area contributed by atoms with Gasteiger partial charge < -0.3 is 30.0 Å². The van der Waals surface area contributed by atoms with Crippen LogP contribution in [0.25, 0.3) is 6.08 Å². The summed E-state index contributed by atoms with van der Waals surface area (Å²) in [6.07, 6.45) is 0.192. The lowest BCUT2D eigenvalue weighted by Gasteiger charge is -2.17. The van der Waals surface area contributed by atoms with Crippen LogP contribution >= 0.6 is 11.6 Å². The molecular formula is C22H19ClN3O7-. The van der Waals surface area contributed by atoms with Crippen LogP contribution < -0.4 is 25.2 Å². The van der Waals surface area contributed by atoms with Crippen molar-refractivity contribution in [1.29, 1.82) is 0 Å². The van der Waals surface area contributed by atoms with E-state index in [1.54, 1.807) is 30.3 Å². The van der Waals surface area contributed by atoms with Crippen LogP contribution in [0.5, 0.6) is 11.5 Å². The van der Waals surface area contributed by atoms with Gasteiger partial charge in [-0.15, -0.1) is 0 Å². The molecule has 1 aliphatic heterocycles. The number of carbonyl (C=O) groups is 4. The number of ether oxygens (including phenoxy) is 2. The first-order valence-electron chi connectivity index (χ1n) is 9.63. The number of benzene rings is 2. The molecule has 2 aromatic carbocycles. The molecule has 4 amide bonds. The van der Waals surface area contributed by atoms with Crippen molar-refractivity contribution in [3.05, 3.63) is 58.7 Å². The third-order valence-electron chi connectivity index (χ3n) is 4.53. The first-order chi connectivity index (χ1) is 15.7. The maximum Gasteiger partial charge on any atom is 0.329 e. The van der Waals surface area contributed by atoms with E-state index in [2.05, 4.69) is 10.6 Å². The molecule has 0 bridgehead atoms. The minimum atomic E-state index is -1.39. The number of hydrogen-bond donors (Lipinski definition) is 2. The Morgan fingerprint density at radius 3 is 2.52 bits per heavy atom. The number of methoxy groups -OCH3 is 1. The first-order valence-corrected chi connectivity index (χ1v) is 10.0. The summed E-state index contributed by atoms with van der Waals surface area (Å²) in [5, 5.41) is 16.4. The first kappa shape index (κ1) is 23.6. The van der Waals surface area contributed by atoms with Crippen molar-refractivity contribution in [2.24, 2.45) is 0 Å². The number of hydrogen-bond acceptors (Lipinski definition) is 7. The second-order valence-corrected chi connectivity index (χ2v) is 7.36. The number of nitrogens with one attached hydrogen (secondary N) is 2. The van der Waals surface area contributed by atoms with Gasteiger partial charge in [0.2, 0.25) is 5.91 Å². The van der Waals surface area contributed by atoms with Gasteiger partial charge in [-0.2, -0.15) is 0 Å². The summed E-state index contributed by atoms with van der Waals surface area (Å²) < 4.78 is 10.5. The fourth-order valence-corrected chi connectivity index (χ4v) is 3.00. The van der Waals surface area contributed by atoms with Gasteiger partial charge in [-0.3, -0.25) is 9.59 Å². The fraction of sp³-hybridized carbons (Fsp3) is 0.182. The summed E-state index contributed by atoms with van der Waals surface area (Å²) in [4.78, 5) is 48.8. The molecule has 0 radical (unpaired) electrons. The topological polar surface area (TPSA) is 137 Å². The molecule has 2 N–H and O–H groups in total. The minimum Gasteiger partial charge on any atom is -0.546 e. The number of aliphatic carboxylic acids is 1. The number of urea groups is 1. The normalized spacial score (nSPS) is 15.2. The number of carbonyl (C=O) groups excluding carboxylic acids is 4. The van der Waals surface area contributed by atoms with Gasteiger partial charge >= 0.3 is 6.03 Å². The van der Waals surface area contributed by atoms with E-state index >= 15 is 0 Å². The van der Waals surface area contributed by atoms with Gasteiger partial charge in [0.05, 0.1) is 13.1 Å². The number of rotatable bonds is 8. The Hall–Kier alpha value is -4.05. The molecule has 0 unspecified atom stereocenters. The molecular weight excluding hydrogens is 454 g/mol. The summed E-state index contributed by atoms with van der Waals surface area (Å²) in [7, 11) is 1.37. The Morgan fingerprint density at radius 1 is 1.18 bits per heavy atom. The zero-order valence-electron chi connectivity index (χ0n) is 17.6. The molecule has 1 heterocycles. The number of amides is 4. The molecule has 172 valence electrons. The van der Waals surface area contributed by atoms with Gasteiger partial charge in [0.1, 0.15) is 18.3 Å². The fourth-order valence-electron chi connectivity index (χ4n) is 2.87. The maximum atomic E-state index is 12.6. The van der Waals surface area contributed by atoms with E-state index in [1.807, 2.05) is 0 Å². The van der Waals surface area contributed by atoms with Crippen LogP contribution in [0.15, 0.2) is 48.2 Å². The highest BCUT2D eigenvalue weighted by atomic mass is 35.5. The Kier molecular flexibility index (Phi) is 7.19. The number of anilines is 1. The Labute approximate surface area is 193 Å². The van der Waals surface area contributed by atoms with Gasteiger partial charge in [-0.05, 0) is 55.0 Å². The number of carboxylic acids is 1. The predicted octanol–water partition coefficient (Wildman–Crippen LogP) is 1.40. The average molecular weight is 473 g/mol. The summed E-state index contributed by atoms with van der Waals surface area (Å²) >= 11 is 5.80. The van der Waals surface area contributed by atoms with E-state index in [1.165, 1.54) is 32.2 Å². The van der Waals surface area contributed by atoms with Crippen molar-refractivity contribution in [2.45, 2.75) is 13.0 Å². The number of carboxylic acid groups (broad SMARTS) is 1. The minimum absolute atomic E-state index is 0.0434. The molecule has 0 spiro atoms. The van der Waals surface area contributed by atoms with Gasteiger partial charge in [0.25, 0.3) is 5.91 Å². The highest BCUT2D eigenvalue weighted by Gasteiger charge is 2.35. The lowest BCUT2D eigenvalue weighted by Crippen LogP contribution is -2.38. The maximum absolute atomic E-state index is 12.6. The molecule has 0 saturated carbocycles. The Morgan fingerprint density at radius 2 is 1.88 bits per heavy atom. The Balaban J connectivity index is 1.71. The van der Waals surface area contributed by atoms with Crippen LogP contribution in [-0.2, 0) is 14.4 Å². The second-order valence-electron chi connectivity index (χ2n) is 6.92. The van der Waals surface area contributed by atoms with Crippen LogP contribution in [0.2, 0.25) is 5.02 Å². The molecule has 3 rings (SSSR count). The number of halogens is 1. The van der Waals surface area contributed by atoms with Crippen molar-refractivity contribution in [2.75, 3.05) is 19.0 Å². The molecule has 0 aromatic heterocycles. The molecule has 2 aromatic rings. The molecule has 1 saturated heterocycles. The molecule has 33 heavy (non-hydrogen) atoms. The van der Waals surface area contributed by atoms with Crippen LogP contribution in [-0.4, -0.2) is 48.5 Å². The molecule has 0 aliphatic carbocycles. The summed E-state index contributed by atoms with van der Waals surface area (Å²) in [6, 6.07) is 10.1. The van der Waals surface area contributed by atoms with Gasteiger partial charge in [0.15, 0.2) is 11.5 Å². The van der Waals surface area contributed by atoms with E-state index in [9.17, 15) is 24.3 Å². The SMILES string of the molecule is COc1cc(/C=C2\NC(=O)N(CC(=O)Nc3ccc(Cl)cc3)C2=O)ccc1O[C@@H](C)C(=O)[O-]. The molecule has 11 heteroatoms. The number of nitrogens with zero attached hydrogens (tertiary/aromatic N) is 1. The van der Waals surface area contributed by atoms with Crippen molar-refractivity contribution in [3.63, 3.8) is 0 Å². The van der Waals surface area contributed by atoms with Crippen molar-refractivity contribution >= 4 is 47.2 Å². The van der Waals surface area contributed by atoms with E-state index in [4.69, 9.17) is 21.1 Å². The Bertz CT molecular complexity index is 1130. The van der Waals surface area contributed by atoms with Crippen molar-refractivity contribution in [3.8, 4) is 11.5 Å². The van der Waals surface area contributed by atoms with Gasteiger partial charge in [-0.1, -0.05) is 17.7 Å². The molecule has 1 atom stereocenters. The predicted molar refractivity (Wildman–Crippen MR) is 116 cm³/mol. The van der Waals surface area contributed by atoms with E-state index < -0.39 is 36.5 Å². The zero-order valence-corrected chi connectivity index (χ0v) is 18.3. The van der Waals surface area contributed by atoms with E-state index in [0.29, 0.717) is 16.3 Å². The monoisotopic (exact) mass is 472 g/mol. The highest BCUT2D eigenvalue weighted by Crippen LogP contribution is 2.30. The standard InChI is InChI=1S/C22H20ClN3O7/c1-12(21(29)30)33-17-8-3-13(10-18(17)32-2)9-16-20(28)26(22(31)25-16)11-19(27)24-15-6-4-14(23)5-7-15/h3-10,12H,11H2,1-2H3,(H,24,27)(H,25,31)(H,29,30)/p-1/b16-9-/t12-/m0/s1. The smallest absolute Gasteiger partial charge is 0.329 e. The lowest BCUT2D eigenvalue weighted by molar-refractivity contribution is -0.312. The number of imide groups is 1. The summed E-state index contributed by atoms with van der Waals surface area (Å²) in [5.41, 5.74) is 0.893.